The molecule has 0 radical (unpaired) electrons. The molecule has 0 saturated heterocycles. The number of methoxy groups -OCH3 is 1. The molecule has 0 unspecified atom stereocenters. The summed E-state index contributed by atoms with van der Waals surface area (Å²) in [6.45, 7) is 4.01. The number of ether oxygens (including phenoxy) is 1. The standard InChI is InChI=1S/C17H19Cl2NO3S/c1-17(2)9(7-11(18)19)13(17)14(21)20-15-12(16(22)23-3)8-5-4-6-10(8)24-15/h7,9,13H,4-6H2,1-3H3,(H,20,21)/t9-,13+/m1/s1. The van der Waals surface area contributed by atoms with Crippen LogP contribution >= 0.6 is 34.5 Å². The van der Waals surface area contributed by atoms with Crippen LogP contribution in [0.2, 0.25) is 0 Å². The number of rotatable bonds is 4. The molecule has 1 N–H and O–H groups in total. The lowest BCUT2D eigenvalue weighted by Crippen LogP contribution is -2.18. The molecular weight excluding hydrogens is 369 g/mol. The maximum atomic E-state index is 12.7. The Balaban J connectivity index is 1.84. The molecule has 2 aliphatic rings. The first-order valence-corrected chi connectivity index (χ1v) is 9.41. The van der Waals surface area contributed by atoms with E-state index in [-0.39, 0.29) is 33.6 Å². The number of carbonyl (C=O) groups is 2. The van der Waals surface area contributed by atoms with Gasteiger partial charge >= 0.3 is 5.97 Å². The van der Waals surface area contributed by atoms with Crippen molar-refractivity contribution in [2.45, 2.75) is 33.1 Å². The highest BCUT2D eigenvalue weighted by molar-refractivity contribution is 7.17. The molecule has 24 heavy (non-hydrogen) atoms. The number of aryl methyl sites for hydroxylation is 1. The fourth-order valence-corrected chi connectivity index (χ4v) is 5.18. The third kappa shape index (κ3) is 2.98. The quantitative estimate of drug-likeness (QED) is 0.770. The van der Waals surface area contributed by atoms with Crippen LogP contribution in [0.5, 0.6) is 0 Å². The molecule has 0 aliphatic heterocycles. The van der Waals surface area contributed by atoms with Crippen molar-refractivity contribution in [3.05, 3.63) is 26.6 Å². The maximum Gasteiger partial charge on any atom is 0.341 e. The Kier molecular flexibility index (Phi) is 4.71. The first-order valence-electron chi connectivity index (χ1n) is 7.84. The van der Waals surface area contributed by atoms with Gasteiger partial charge in [-0.05, 0) is 42.2 Å². The zero-order valence-corrected chi connectivity index (χ0v) is 16.1. The molecule has 2 atom stereocenters. The summed E-state index contributed by atoms with van der Waals surface area (Å²) in [4.78, 5) is 26.0. The lowest BCUT2D eigenvalue weighted by atomic mass is 10.1. The first kappa shape index (κ1) is 17.8. The summed E-state index contributed by atoms with van der Waals surface area (Å²) < 4.78 is 5.08. The minimum absolute atomic E-state index is 0.00381. The summed E-state index contributed by atoms with van der Waals surface area (Å²) in [6.07, 6.45) is 4.55. The maximum absolute atomic E-state index is 12.7. The number of hydrogen-bond acceptors (Lipinski definition) is 4. The second-order valence-corrected chi connectivity index (χ2v) is 8.94. The van der Waals surface area contributed by atoms with Crippen molar-refractivity contribution >= 4 is 51.4 Å². The van der Waals surface area contributed by atoms with Crippen LogP contribution in [-0.2, 0) is 22.4 Å². The van der Waals surface area contributed by atoms with Gasteiger partial charge in [0, 0.05) is 4.88 Å². The van der Waals surface area contributed by atoms with Gasteiger partial charge < -0.3 is 10.1 Å². The summed E-state index contributed by atoms with van der Waals surface area (Å²) in [5.74, 6) is -0.718. The summed E-state index contributed by atoms with van der Waals surface area (Å²) >= 11 is 13.0. The van der Waals surface area contributed by atoms with E-state index in [1.165, 1.54) is 23.3 Å². The highest BCUT2D eigenvalue weighted by Gasteiger charge is 2.60. The van der Waals surface area contributed by atoms with E-state index in [2.05, 4.69) is 5.32 Å². The van der Waals surface area contributed by atoms with E-state index >= 15 is 0 Å². The topological polar surface area (TPSA) is 55.4 Å². The van der Waals surface area contributed by atoms with Crippen LogP contribution in [0.25, 0.3) is 0 Å². The molecule has 0 aromatic carbocycles. The van der Waals surface area contributed by atoms with Gasteiger partial charge in [-0.15, -0.1) is 11.3 Å². The van der Waals surface area contributed by atoms with E-state index in [0.29, 0.717) is 10.6 Å². The molecule has 1 aromatic heterocycles. The van der Waals surface area contributed by atoms with Crippen LogP contribution in [0.1, 0.15) is 41.1 Å². The van der Waals surface area contributed by atoms with Gasteiger partial charge in [0.25, 0.3) is 0 Å². The zero-order valence-electron chi connectivity index (χ0n) is 13.7. The van der Waals surface area contributed by atoms with Crippen molar-refractivity contribution in [3.8, 4) is 0 Å². The molecular formula is C17H19Cl2NO3S. The number of nitrogens with one attached hydrogen (secondary N) is 1. The predicted molar refractivity (Wildman–Crippen MR) is 96.9 cm³/mol. The molecule has 1 heterocycles. The SMILES string of the molecule is COC(=O)c1c(NC(=O)[C@@H]2[C@@H](C=C(Cl)Cl)C2(C)C)sc2c1CCC2. The molecule has 1 aromatic rings. The summed E-state index contributed by atoms with van der Waals surface area (Å²) in [5, 5.41) is 3.54. The molecule has 0 bridgehead atoms. The third-order valence-electron chi connectivity index (χ3n) is 5.05. The summed E-state index contributed by atoms with van der Waals surface area (Å²) in [6, 6.07) is 0. The van der Waals surface area contributed by atoms with Gasteiger partial charge in [-0.2, -0.15) is 0 Å². The van der Waals surface area contributed by atoms with Gasteiger partial charge in [0.2, 0.25) is 5.91 Å². The number of fused-ring (bicyclic) bond motifs is 1. The van der Waals surface area contributed by atoms with E-state index in [1.807, 2.05) is 13.8 Å². The van der Waals surface area contributed by atoms with Crippen LogP contribution in [0.4, 0.5) is 5.00 Å². The smallest absolute Gasteiger partial charge is 0.341 e. The van der Waals surface area contributed by atoms with Gasteiger partial charge in [0.15, 0.2) is 0 Å². The minimum atomic E-state index is -0.389. The van der Waals surface area contributed by atoms with Gasteiger partial charge in [-0.25, -0.2) is 4.79 Å². The number of thiophene rings is 1. The van der Waals surface area contributed by atoms with Gasteiger partial charge in [-0.3, -0.25) is 4.79 Å². The Hall–Kier alpha value is -1.04. The van der Waals surface area contributed by atoms with E-state index in [4.69, 9.17) is 27.9 Å². The number of halogens is 2. The first-order chi connectivity index (χ1) is 11.3. The number of allylic oxidation sites excluding steroid dienone is 1. The van der Waals surface area contributed by atoms with Crippen LogP contribution in [-0.4, -0.2) is 19.0 Å². The van der Waals surface area contributed by atoms with Crippen LogP contribution in [0.3, 0.4) is 0 Å². The van der Waals surface area contributed by atoms with Crippen molar-refractivity contribution in [1.29, 1.82) is 0 Å². The highest BCUT2D eigenvalue weighted by Crippen LogP contribution is 2.60. The Morgan fingerprint density at radius 1 is 1.33 bits per heavy atom. The van der Waals surface area contributed by atoms with Crippen LogP contribution in [0.15, 0.2) is 10.6 Å². The van der Waals surface area contributed by atoms with Crippen molar-refractivity contribution < 1.29 is 14.3 Å². The fourth-order valence-electron chi connectivity index (χ4n) is 3.63. The largest absolute Gasteiger partial charge is 0.465 e. The monoisotopic (exact) mass is 387 g/mol. The molecule has 1 saturated carbocycles. The molecule has 1 amide bonds. The number of anilines is 1. The van der Waals surface area contributed by atoms with E-state index in [9.17, 15) is 9.59 Å². The fraction of sp³-hybridized carbons (Fsp3) is 0.529. The van der Waals surface area contributed by atoms with E-state index in [1.54, 1.807) is 6.08 Å². The van der Waals surface area contributed by atoms with Gasteiger partial charge in [-0.1, -0.05) is 37.0 Å². The molecule has 3 rings (SSSR count). The van der Waals surface area contributed by atoms with Crippen molar-refractivity contribution in [3.63, 3.8) is 0 Å². The average molecular weight is 388 g/mol. The predicted octanol–water partition coefficient (Wildman–Crippen LogP) is 4.55. The number of esters is 1. The lowest BCUT2D eigenvalue weighted by Gasteiger charge is -2.07. The van der Waals surface area contributed by atoms with Gasteiger partial charge in [0.05, 0.1) is 18.6 Å². The normalized spacial score (nSPS) is 23.4. The molecule has 0 spiro atoms. The molecule has 1 fully saturated rings. The molecule has 2 aliphatic carbocycles. The number of amides is 1. The Labute approximate surface area is 155 Å². The average Bonchev–Trinajstić information content (AvgIpc) is 2.84. The van der Waals surface area contributed by atoms with Crippen molar-refractivity contribution in [2.75, 3.05) is 12.4 Å². The van der Waals surface area contributed by atoms with Gasteiger partial charge in [0.1, 0.15) is 9.49 Å². The Morgan fingerprint density at radius 2 is 2.04 bits per heavy atom. The lowest BCUT2D eigenvalue weighted by molar-refractivity contribution is -0.118. The Bertz CT molecular complexity index is 734. The van der Waals surface area contributed by atoms with Crippen LogP contribution in [0, 0.1) is 17.3 Å². The highest BCUT2D eigenvalue weighted by atomic mass is 35.5. The minimum Gasteiger partial charge on any atom is -0.465 e. The van der Waals surface area contributed by atoms with Crippen molar-refractivity contribution in [2.24, 2.45) is 17.3 Å². The second-order valence-electron chi connectivity index (χ2n) is 6.82. The van der Waals surface area contributed by atoms with E-state index < -0.39 is 0 Å². The number of hydrogen-bond donors (Lipinski definition) is 1. The van der Waals surface area contributed by atoms with Crippen molar-refractivity contribution in [1.82, 2.24) is 0 Å². The second kappa shape index (κ2) is 6.36. The molecule has 4 nitrogen and oxygen atoms in total. The van der Waals surface area contributed by atoms with E-state index in [0.717, 1.165) is 24.8 Å². The number of carbonyl (C=O) groups excluding carboxylic acids is 2. The summed E-state index contributed by atoms with van der Waals surface area (Å²) in [7, 11) is 1.36. The zero-order chi connectivity index (χ0) is 17.6. The van der Waals surface area contributed by atoms with Crippen LogP contribution < -0.4 is 5.32 Å². The third-order valence-corrected chi connectivity index (χ3v) is 6.51. The molecule has 7 heteroatoms. The summed E-state index contributed by atoms with van der Waals surface area (Å²) in [5.41, 5.74) is 1.34. The molecule has 130 valence electrons. The Morgan fingerprint density at radius 3 is 2.67 bits per heavy atom.